The van der Waals surface area contributed by atoms with E-state index in [0.717, 1.165) is 32.7 Å². The highest BCUT2D eigenvalue weighted by molar-refractivity contribution is 5.56. The summed E-state index contributed by atoms with van der Waals surface area (Å²) >= 11 is 0. The third-order valence-corrected chi connectivity index (χ3v) is 4.83. The van der Waals surface area contributed by atoms with E-state index in [-0.39, 0.29) is 0 Å². The minimum atomic E-state index is 1.01. The summed E-state index contributed by atoms with van der Waals surface area (Å²) in [6.07, 6.45) is 3.88. The summed E-state index contributed by atoms with van der Waals surface area (Å²) in [5.41, 5.74) is 6.89. The molecule has 1 fully saturated rings. The Bertz CT molecular complexity index is 643. The van der Waals surface area contributed by atoms with Gasteiger partial charge in [-0.1, -0.05) is 12.1 Å². The van der Waals surface area contributed by atoms with E-state index in [1.165, 1.54) is 27.9 Å². The summed E-state index contributed by atoms with van der Waals surface area (Å²) in [6.45, 7) is 12.0. The number of piperazine rings is 1. The lowest BCUT2D eigenvalue weighted by Gasteiger charge is -2.37. The molecule has 3 nitrogen and oxygen atoms in total. The van der Waals surface area contributed by atoms with Crippen molar-refractivity contribution in [2.45, 2.75) is 27.3 Å². The second-order valence-electron chi connectivity index (χ2n) is 6.28. The van der Waals surface area contributed by atoms with Crippen LogP contribution < -0.4 is 4.90 Å². The fourth-order valence-electron chi connectivity index (χ4n) is 3.13. The largest absolute Gasteiger partial charge is 0.369 e. The molecular formula is C19H25N3. The number of hydrogen-bond donors (Lipinski definition) is 0. The molecule has 22 heavy (non-hydrogen) atoms. The lowest BCUT2D eigenvalue weighted by Crippen LogP contribution is -2.46. The van der Waals surface area contributed by atoms with E-state index in [0.29, 0.717) is 0 Å². The monoisotopic (exact) mass is 295 g/mol. The Kier molecular flexibility index (Phi) is 4.44. The van der Waals surface area contributed by atoms with Crippen LogP contribution in [0.15, 0.2) is 36.7 Å². The average molecular weight is 295 g/mol. The van der Waals surface area contributed by atoms with Crippen molar-refractivity contribution < 1.29 is 0 Å². The van der Waals surface area contributed by atoms with Gasteiger partial charge in [0, 0.05) is 50.8 Å². The van der Waals surface area contributed by atoms with E-state index in [1.807, 2.05) is 12.4 Å². The molecule has 0 bridgehead atoms. The zero-order valence-electron chi connectivity index (χ0n) is 13.8. The topological polar surface area (TPSA) is 19.4 Å². The van der Waals surface area contributed by atoms with E-state index in [2.05, 4.69) is 59.8 Å². The minimum Gasteiger partial charge on any atom is -0.369 e. The first-order valence-electron chi connectivity index (χ1n) is 8.08. The molecule has 0 saturated carbocycles. The van der Waals surface area contributed by atoms with Crippen LogP contribution in [0.3, 0.4) is 0 Å². The molecular weight excluding hydrogens is 270 g/mol. The van der Waals surface area contributed by atoms with Gasteiger partial charge in [-0.3, -0.25) is 9.88 Å². The number of anilines is 1. The first-order valence-corrected chi connectivity index (χ1v) is 8.08. The fourth-order valence-corrected chi connectivity index (χ4v) is 3.13. The van der Waals surface area contributed by atoms with Crippen LogP contribution in [0.5, 0.6) is 0 Å². The zero-order valence-corrected chi connectivity index (χ0v) is 13.8. The summed E-state index contributed by atoms with van der Waals surface area (Å²) in [5, 5.41) is 0. The van der Waals surface area contributed by atoms with Crippen molar-refractivity contribution in [3.8, 4) is 0 Å². The van der Waals surface area contributed by atoms with Gasteiger partial charge < -0.3 is 4.90 Å². The summed E-state index contributed by atoms with van der Waals surface area (Å²) < 4.78 is 0. The van der Waals surface area contributed by atoms with Crippen molar-refractivity contribution in [2.24, 2.45) is 0 Å². The molecule has 116 valence electrons. The Hall–Kier alpha value is -1.87. The van der Waals surface area contributed by atoms with Gasteiger partial charge >= 0.3 is 0 Å². The summed E-state index contributed by atoms with van der Waals surface area (Å²) in [6, 6.07) is 8.72. The number of aryl methyl sites for hydroxylation is 2. The third-order valence-electron chi connectivity index (χ3n) is 4.83. The van der Waals surface area contributed by atoms with E-state index in [4.69, 9.17) is 0 Å². The van der Waals surface area contributed by atoms with E-state index in [9.17, 15) is 0 Å². The normalized spacial score (nSPS) is 16.0. The molecule has 3 rings (SSSR count). The summed E-state index contributed by atoms with van der Waals surface area (Å²) in [4.78, 5) is 9.31. The maximum absolute atomic E-state index is 4.26. The predicted octanol–water partition coefficient (Wildman–Crippen LogP) is 3.33. The van der Waals surface area contributed by atoms with Crippen molar-refractivity contribution in [1.82, 2.24) is 9.88 Å². The molecule has 0 atom stereocenters. The highest BCUT2D eigenvalue weighted by atomic mass is 15.3. The third kappa shape index (κ3) is 3.14. The fraction of sp³-hybridized carbons (Fsp3) is 0.421. The lowest BCUT2D eigenvalue weighted by molar-refractivity contribution is 0.249. The standard InChI is InChI=1S/C19H25N3/c1-15-5-4-6-19(17(15)3)22-11-9-21(10-12-22)14-18-13-20-8-7-16(18)2/h4-8,13H,9-12,14H2,1-3H3. The lowest BCUT2D eigenvalue weighted by atomic mass is 10.1. The van der Waals surface area contributed by atoms with Gasteiger partial charge in [0.25, 0.3) is 0 Å². The van der Waals surface area contributed by atoms with Crippen LogP contribution in [0.4, 0.5) is 5.69 Å². The Morgan fingerprint density at radius 3 is 2.45 bits per heavy atom. The Morgan fingerprint density at radius 1 is 0.955 bits per heavy atom. The maximum atomic E-state index is 4.26. The van der Waals surface area contributed by atoms with Crippen LogP contribution in [0.1, 0.15) is 22.3 Å². The van der Waals surface area contributed by atoms with E-state index < -0.39 is 0 Å². The smallest absolute Gasteiger partial charge is 0.0399 e. The molecule has 2 aromatic rings. The van der Waals surface area contributed by atoms with Crippen LogP contribution in [-0.4, -0.2) is 36.1 Å². The quantitative estimate of drug-likeness (QED) is 0.866. The van der Waals surface area contributed by atoms with Gasteiger partial charge in [0.2, 0.25) is 0 Å². The van der Waals surface area contributed by atoms with Crippen LogP contribution in [0.25, 0.3) is 0 Å². The molecule has 0 N–H and O–H groups in total. The molecule has 1 saturated heterocycles. The summed E-state index contributed by atoms with van der Waals surface area (Å²) in [7, 11) is 0. The predicted molar refractivity (Wildman–Crippen MR) is 92.4 cm³/mol. The second kappa shape index (κ2) is 6.49. The molecule has 0 radical (unpaired) electrons. The van der Waals surface area contributed by atoms with Crippen LogP contribution in [0.2, 0.25) is 0 Å². The molecule has 1 aromatic carbocycles. The van der Waals surface area contributed by atoms with E-state index >= 15 is 0 Å². The number of nitrogens with zero attached hydrogens (tertiary/aromatic N) is 3. The molecule has 0 unspecified atom stereocenters. The van der Waals surface area contributed by atoms with Gasteiger partial charge in [-0.05, 0) is 55.2 Å². The molecule has 3 heteroatoms. The van der Waals surface area contributed by atoms with Gasteiger partial charge in [0.05, 0.1) is 0 Å². The number of aromatic nitrogens is 1. The highest BCUT2D eigenvalue weighted by Gasteiger charge is 2.19. The van der Waals surface area contributed by atoms with Crippen LogP contribution >= 0.6 is 0 Å². The van der Waals surface area contributed by atoms with Crippen LogP contribution in [-0.2, 0) is 6.54 Å². The Labute approximate surface area is 133 Å². The first kappa shape index (κ1) is 15.0. The van der Waals surface area contributed by atoms with Gasteiger partial charge in [-0.2, -0.15) is 0 Å². The van der Waals surface area contributed by atoms with E-state index in [1.54, 1.807) is 0 Å². The van der Waals surface area contributed by atoms with Crippen LogP contribution in [0, 0.1) is 20.8 Å². The van der Waals surface area contributed by atoms with Crippen molar-refractivity contribution in [3.05, 3.63) is 58.9 Å². The van der Waals surface area contributed by atoms with Gasteiger partial charge in [0.1, 0.15) is 0 Å². The average Bonchev–Trinajstić information content (AvgIpc) is 2.53. The molecule has 0 amide bonds. The van der Waals surface area contributed by atoms with Crippen molar-refractivity contribution >= 4 is 5.69 Å². The molecule has 1 aliphatic rings. The van der Waals surface area contributed by atoms with Gasteiger partial charge in [-0.15, -0.1) is 0 Å². The molecule has 0 aliphatic carbocycles. The van der Waals surface area contributed by atoms with Crippen molar-refractivity contribution in [3.63, 3.8) is 0 Å². The Morgan fingerprint density at radius 2 is 1.73 bits per heavy atom. The molecule has 0 spiro atoms. The number of rotatable bonds is 3. The molecule has 2 heterocycles. The first-order chi connectivity index (χ1) is 10.6. The zero-order chi connectivity index (χ0) is 15.5. The number of hydrogen-bond acceptors (Lipinski definition) is 3. The van der Waals surface area contributed by atoms with Gasteiger partial charge in [-0.25, -0.2) is 0 Å². The number of pyridine rings is 1. The summed E-state index contributed by atoms with van der Waals surface area (Å²) in [5.74, 6) is 0. The maximum Gasteiger partial charge on any atom is 0.0399 e. The Balaban J connectivity index is 1.63. The second-order valence-corrected chi connectivity index (χ2v) is 6.28. The van der Waals surface area contributed by atoms with Crippen molar-refractivity contribution in [1.29, 1.82) is 0 Å². The highest BCUT2D eigenvalue weighted by Crippen LogP contribution is 2.24. The SMILES string of the molecule is Cc1ccncc1CN1CCN(c2cccc(C)c2C)CC1. The van der Waals surface area contributed by atoms with Crippen molar-refractivity contribution in [2.75, 3.05) is 31.1 Å². The minimum absolute atomic E-state index is 1.01. The molecule has 1 aromatic heterocycles. The molecule has 1 aliphatic heterocycles. The van der Waals surface area contributed by atoms with Gasteiger partial charge in [0.15, 0.2) is 0 Å². The number of benzene rings is 1.